The summed E-state index contributed by atoms with van der Waals surface area (Å²) >= 11 is 0. The Labute approximate surface area is 129 Å². The van der Waals surface area contributed by atoms with Gasteiger partial charge in [0.2, 0.25) is 0 Å². The molecule has 1 aliphatic rings. The molecule has 2 rings (SSSR count). The van der Waals surface area contributed by atoms with Crippen molar-refractivity contribution in [3.63, 3.8) is 0 Å². The van der Waals surface area contributed by atoms with Gasteiger partial charge in [0.25, 0.3) is 5.91 Å². The monoisotopic (exact) mass is 325 g/mol. The number of sulfone groups is 1. The van der Waals surface area contributed by atoms with Crippen LogP contribution in [-0.4, -0.2) is 43.8 Å². The lowest BCUT2D eigenvalue weighted by atomic mass is 10.1. The summed E-state index contributed by atoms with van der Waals surface area (Å²) in [6.07, 6.45) is -0.342. The summed E-state index contributed by atoms with van der Waals surface area (Å²) in [5, 5.41) is 2.68. The second-order valence-corrected chi connectivity index (χ2v) is 7.68. The van der Waals surface area contributed by atoms with Gasteiger partial charge in [-0.3, -0.25) is 9.59 Å². The van der Waals surface area contributed by atoms with E-state index >= 15 is 0 Å². The largest absolute Gasteiger partial charge is 0.481 e. The predicted octanol–water partition coefficient (Wildman–Crippen LogP) is 0.960. The summed E-state index contributed by atoms with van der Waals surface area (Å²) in [6, 6.07) is 6.23. The standard InChI is InChI=1S/C15H19NO5S/c1-10(17)12-4-3-5-14(8-12)21-11(2)15(18)16-13-6-7-22(19,20)9-13/h3-5,8,11,13H,6-7,9H2,1-2H3,(H,16,18)/t11-,13-/m1/s1. The van der Waals surface area contributed by atoms with Gasteiger partial charge in [-0.25, -0.2) is 8.42 Å². The molecular formula is C15H19NO5S. The van der Waals surface area contributed by atoms with Crippen molar-refractivity contribution in [3.05, 3.63) is 29.8 Å². The van der Waals surface area contributed by atoms with Crippen molar-refractivity contribution >= 4 is 21.5 Å². The highest BCUT2D eigenvalue weighted by Crippen LogP contribution is 2.16. The number of benzene rings is 1. The number of amides is 1. The molecule has 0 radical (unpaired) electrons. The molecule has 0 aliphatic carbocycles. The number of rotatable bonds is 5. The van der Waals surface area contributed by atoms with E-state index in [-0.39, 0.29) is 29.2 Å². The number of hydrogen-bond acceptors (Lipinski definition) is 5. The van der Waals surface area contributed by atoms with Crippen LogP contribution in [0.1, 0.15) is 30.6 Å². The number of hydrogen-bond donors (Lipinski definition) is 1. The van der Waals surface area contributed by atoms with Crippen LogP contribution < -0.4 is 10.1 Å². The smallest absolute Gasteiger partial charge is 0.261 e. The Bertz CT molecular complexity index is 683. The molecule has 0 bridgehead atoms. The number of nitrogens with one attached hydrogen (secondary N) is 1. The number of ketones is 1. The third kappa shape index (κ3) is 4.30. The minimum atomic E-state index is -3.03. The quantitative estimate of drug-likeness (QED) is 0.815. The average molecular weight is 325 g/mol. The first-order chi connectivity index (χ1) is 10.3. The lowest BCUT2D eigenvalue weighted by molar-refractivity contribution is -0.127. The Hall–Kier alpha value is -1.89. The molecular weight excluding hydrogens is 306 g/mol. The molecule has 2 atom stereocenters. The molecule has 1 heterocycles. The van der Waals surface area contributed by atoms with Gasteiger partial charge in [0.15, 0.2) is 21.7 Å². The van der Waals surface area contributed by atoms with Crippen LogP contribution in [0.15, 0.2) is 24.3 Å². The zero-order chi connectivity index (χ0) is 16.3. The molecule has 7 heteroatoms. The fourth-order valence-corrected chi connectivity index (χ4v) is 3.95. The Morgan fingerprint density at radius 3 is 2.68 bits per heavy atom. The first-order valence-electron chi connectivity index (χ1n) is 7.05. The Balaban J connectivity index is 1.94. The van der Waals surface area contributed by atoms with Crippen LogP contribution in [0.2, 0.25) is 0 Å². The summed E-state index contributed by atoms with van der Waals surface area (Å²) in [5.74, 6) is 0.0579. The van der Waals surface area contributed by atoms with Crippen molar-refractivity contribution in [1.82, 2.24) is 5.32 Å². The molecule has 6 nitrogen and oxygen atoms in total. The lowest BCUT2D eigenvalue weighted by Gasteiger charge is -2.17. The van der Waals surface area contributed by atoms with E-state index in [1.54, 1.807) is 31.2 Å². The van der Waals surface area contributed by atoms with Gasteiger partial charge in [-0.1, -0.05) is 12.1 Å². The van der Waals surface area contributed by atoms with Gasteiger partial charge >= 0.3 is 0 Å². The number of carbonyl (C=O) groups excluding carboxylic acids is 2. The van der Waals surface area contributed by atoms with Crippen molar-refractivity contribution in [2.75, 3.05) is 11.5 Å². The van der Waals surface area contributed by atoms with Gasteiger partial charge in [-0.15, -0.1) is 0 Å². The Morgan fingerprint density at radius 2 is 2.09 bits per heavy atom. The molecule has 0 spiro atoms. The number of carbonyl (C=O) groups is 2. The highest BCUT2D eigenvalue weighted by atomic mass is 32.2. The molecule has 0 aromatic heterocycles. The van der Waals surface area contributed by atoms with Gasteiger partial charge < -0.3 is 10.1 Å². The maximum Gasteiger partial charge on any atom is 0.261 e. The van der Waals surface area contributed by atoms with Gasteiger partial charge in [0.05, 0.1) is 11.5 Å². The molecule has 1 saturated heterocycles. The van der Waals surface area contributed by atoms with Gasteiger partial charge in [-0.05, 0) is 32.4 Å². The zero-order valence-corrected chi connectivity index (χ0v) is 13.4. The highest BCUT2D eigenvalue weighted by molar-refractivity contribution is 7.91. The fraction of sp³-hybridized carbons (Fsp3) is 0.467. The molecule has 22 heavy (non-hydrogen) atoms. The second-order valence-electron chi connectivity index (χ2n) is 5.45. The van der Waals surface area contributed by atoms with E-state index in [1.807, 2.05) is 0 Å². The summed E-state index contributed by atoms with van der Waals surface area (Å²) in [7, 11) is -3.03. The van der Waals surface area contributed by atoms with Gasteiger partial charge in [-0.2, -0.15) is 0 Å². The lowest BCUT2D eigenvalue weighted by Crippen LogP contribution is -2.43. The fourth-order valence-electron chi connectivity index (χ4n) is 2.27. The van der Waals surface area contributed by atoms with Gasteiger partial charge in [0, 0.05) is 11.6 Å². The van der Waals surface area contributed by atoms with Crippen molar-refractivity contribution in [3.8, 4) is 5.75 Å². The van der Waals surface area contributed by atoms with Gasteiger partial charge in [0.1, 0.15) is 5.75 Å². The minimum Gasteiger partial charge on any atom is -0.481 e. The molecule has 0 saturated carbocycles. The minimum absolute atomic E-state index is 0.0225. The second kappa shape index (κ2) is 6.48. The average Bonchev–Trinajstić information content (AvgIpc) is 2.78. The first kappa shape index (κ1) is 16.5. The van der Waals surface area contributed by atoms with Crippen LogP contribution in [0, 0.1) is 0 Å². The van der Waals surface area contributed by atoms with Crippen LogP contribution in [0.5, 0.6) is 5.75 Å². The van der Waals surface area contributed by atoms with E-state index in [0.29, 0.717) is 17.7 Å². The van der Waals surface area contributed by atoms with Crippen LogP contribution in [-0.2, 0) is 14.6 Å². The van der Waals surface area contributed by atoms with Crippen LogP contribution in [0.25, 0.3) is 0 Å². The highest BCUT2D eigenvalue weighted by Gasteiger charge is 2.30. The van der Waals surface area contributed by atoms with E-state index in [2.05, 4.69) is 5.32 Å². The van der Waals surface area contributed by atoms with Crippen molar-refractivity contribution < 1.29 is 22.7 Å². The van der Waals surface area contributed by atoms with Crippen molar-refractivity contribution in [2.24, 2.45) is 0 Å². The topological polar surface area (TPSA) is 89.5 Å². The third-order valence-corrected chi connectivity index (χ3v) is 5.27. The first-order valence-corrected chi connectivity index (χ1v) is 8.87. The van der Waals surface area contributed by atoms with E-state index in [9.17, 15) is 18.0 Å². The van der Waals surface area contributed by atoms with E-state index in [1.165, 1.54) is 6.92 Å². The molecule has 1 fully saturated rings. The third-order valence-electron chi connectivity index (χ3n) is 3.50. The predicted molar refractivity (Wildman–Crippen MR) is 81.7 cm³/mol. The molecule has 120 valence electrons. The van der Waals surface area contributed by atoms with E-state index in [4.69, 9.17) is 4.74 Å². The molecule has 1 aromatic rings. The Kier molecular flexibility index (Phi) is 4.85. The normalized spacial score (nSPS) is 21.1. The summed E-state index contributed by atoms with van der Waals surface area (Å²) in [6.45, 7) is 3.04. The van der Waals surface area contributed by atoms with Crippen LogP contribution >= 0.6 is 0 Å². The van der Waals surface area contributed by atoms with Crippen molar-refractivity contribution in [2.45, 2.75) is 32.4 Å². The van der Waals surface area contributed by atoms with E-state index in [0.717, 1.165) is 0 Å². The molecule has 1 aromatic carbocycles. The number of ether oxygens (including phenoxy) is 1. The maximum atomic E-state index is 12.0. The Morgan fingerprint density at radius 1 is 1.36 bits per heavy atom. The molecule has 0 unspecified atom stereocenters. The summed E-state index contributed by atoms with van der Waals surface area (Å²) in [5.41, 5.74) is 0.506. The molecule has 1 aliphatic heterocycles. The van der Waals surface area contributed by atoms with Crippen LogP contribution in [0.4, 0.5) is 0 Å². The van der Waals surface area contributed by atoms with Crippen molar-refractivity contribution in [1.29, 1.82) is 0 Å². The zero-order valence-electron chi connectivity index (χ0n) is 12.5. The SMILES string of the molecule is CC(=O)c1cccc(O[C@H](C)C(=O)N[C@@H]2CCS(=O)(=O)C2)c1. The molecule has 1 N–H and O–H groups in total. The molecule has 1 amide bonds. The number of Topliss-reactive ketones (excluding diaryl/α,β-unsaturated/α-hetero) is 1. The maximum absolute atomic E-state index is 12.0. The summed E-state index contributed by atoms with van der Waals surface area (Å²) in [4.78, 5) is 23.4. The summed E-state index contributed by atoms with van der Waals surface area (Å²) < 4.78 is 28.3. The van der Waals surface area contributed by atoms with Crippen LogP contribution in [0.3, 0.4) is 0 Å². The van der Waals surface area contributed by atoms with E-state index < -0.39 is 15.9 Å².